The Hall–Kier alpha value is -2.29. The summed E-state index contributed by atoms with van der Waals surface area (Å²) >= 11 is 6.96. The third-order valence-electron chi connectivity index (χ3n) is 5.32. The average Bonchev–Trinajstić information content (AvgIpc) is 3.50. The molecule has 0 bridgehead atoms. The topological polar surface area (TPSA) is 66.0 Å². The van der Waals surface area contributed by atoms with Crippen molar-refractivity contribution in [3.05, 3.63) is 58.2 Å². The number of hydrogen-bond donors (Lipinski definition) is 2. The number of aromatic nitrogens is 3. The summed E-state index contributed by atoms with van der Waals surface area (Å²) in [6.07, 6.45) is 2.82. The Bertz CT molecular complexity index is 974. The van der Waals surface area contributed by atoms with Gasteiger partial charge in [-0.3, -0.25) is 19.4 Å². The van der Waals surface area contributed by atoms with Gasteiger partial charge in [0.25, 0.3) is 0 Å². The second-order valence-corrected chi connectivity index (χ2v) is 8.54. The van der Waals surface area contributed by atoms with Crippen molar-refractivity contribution >= 4 is 29.5 Å². The van der Waals surface area contributed by atoms with Crippen molar-refractivity contribution in [2.75, 3.05) is 19.6 Å². The first-order chi connectivity index (χ1) is 14.2. The molecule has 1 fully saturated rings. The van der Waals surface area contributed by atoms with Crippen LogP contribution in [-0.2, 0) is 11.3 Å². The van der Waals surface area contributed by atoms with E-state index in [1.807, 2.05) is 28.1 Å². The Balaban J connectivity index is 1.37. The highest BCUT2D eigenvalue weighted by Crippen LogP contribution is 2.25. The van der Waals surface area contributed by atoms with Gasteiger partial charge >= 0.3 is 0 Å². The molecule has 1 amide bonds. The molecular weight excluding hydrogens is 402 g/mol. The molecule has 1 aromatic carbocycles. The highest BCUT2D eigenvalue weighted by atomic mass is 32.1. The molecule has 29 heavy (non-hydrogen) atoms. The maximum absolute atomic E-state index is 12.6. The molecule has 0 saturated carbocycles. The van der Waals surface area contributed by atoms with Crippen LogP contribution in [0.4, 0.5) is 0 Å². The minimum absolute atomic E-state index is 0.0327. The van der Waals surface area contributed by atoms with Gasteiger partial charge in [0, 0.05) is 19.5 Å². The van der Waals surface area contributed by atoms with Crippen LogP contribution in [0.25, 0.3) is 10.7 Å². The van der Waals surface area contributed by atoms with Crippen LogP contribution in [-0.4, -0.2) is 45.2 Å². The van der Waals surface area contributed by atoms with Crippen LogP contribution < -0.4 is 5.32 Å². The third-order valence-corrected chi connectivity index (χ3v) is 6.50. The molecule has 1 aliphatic heterocycles. The fourth-order valence-corrected chi connectivity index (χ4v) is 4.76. The molecule has 8 heteroatoms. The summed E-state index contributed by atoms with van der Waals surface area (Å²) in [7, 11) is 0. The van der Waals surface area contributed by atoms with Crippen molar-refractivity contribution in [3.8, 4) is 10.7 Å². The number of nitrogens with one attached hydrogen (secondary N) is 2. The SMILES string of the molecule is O=C(CCn1c(-c2cccs2)n[nH]c1=S)NC[C@@H](c1ccccc1)N1CCCC1. The van der Waals surface area contributed by atoms with Gasteiger partial charge in [0.2, 0.25) is 5.91 Å². The molecule has 3 aromatic rings. The van der Waals surface area contributed by atoms with Crippen LogP contribution in [0.15, 0.2) is 47.8 Å². The number of aromatic amines is 1. The van der Waals surface area contributed by atoms with Gasteiger partial charge in [0.15, 0.2) is 10.6 Å². The summed E-state index contributed by atoms with van der Waals surface area (Å²) in [4.78, 5) is 16.1. The Morgan fingerprint density at radius 3 is 2.72 bits per heavy atom. The Morgan fingerprint density at radius 2 is 2.00 bits per heavy atom. The molecule has 1 saturated heterocycles. The molecule has 1 aliphatic rings. The van der Waals surface area contributed by atoms with Crippen LogP contribution in [0, 0.1) is 4.77 Å². The van der Waals surface area contributed by atoms with E-state index in [-0.39, 0.29) is 11.9 Å². The molecular formula is C21H25N5OS2. The van der Waals surface area contributed by atoms with Gasteiger partial charge < -0.3 is 5.32 Å². The summed E-state index contributed by atoms with van der Waals surface area (Å²) in [5, 5.41) is 12.3. The lowest BCUT2D eigenvalue weighted by atomic mass is 10.1. The van der Waals surface area contributed by atoms with Gasteiger partial charge in [-0.1, -0.05) is 36.4 Å². The number of H-pyrrole nitrogens is 1. The van der Waals surface area contributed by atoms with E-state index < -0.39 is 0 Å². The lowest BCUT2D eigenvalue weighted by Crippen LogP contribution is -2.37. The van der Waals surface area contributed by atoms with Gasteiger partial charge in [-0.15, -0.1) is 11.3 Å². The Labute approximate surface area is 179 Å². The largest absolute Gasteiger partial charge is 0.354 e. The van der Waals surface area contributed by atoms with Crippen LogP contribution >= 0.6 is 23.6 Å². The van der Waals surface area contributed by atoms with Crippen LogP contribution in [0.2, 0.25) is 0 Å². The molecule has 6 nitrogen and oxygen atoms in total. The van der Waals surface area contributed by atoms with E-state index in [1.165, 1.54) is 18.4 Å². The standard InChI is InChI=1S/C21H25N5OS2/c27-19(10-13-26-20(23-24-21(26)28)18-9-6-14-29-18)22-15-17(25-11-4-5-12-25)16-7-2-1-3-8-16/h1-3,6-9,14,17H,4-5,10-13,15H2,(H,22,27)(H,24,28)/t17-/m0/s1. The minimum Gasteiger partial charge on any atom is -0.354 e. The number of hydrogen-bond acceptors (Lipinski definition) is 5. The van der Waals surface area contributed by atoms with Gasteiger partial charge in [-0.05, 0) is 55.2 Å². The molecule has 0 spiro atoms. The highest BCUT2D eigenvalue weighted by molar-refractivity contribution is 7.71. The Kier molecular flexibility index (Phi) is 6.53. The molecule has 0 unspecified atom stereocenters. The fraction of sp³-hybridized carbons (Fsp3) is 0.381. The van der Waals surface area contributed by atoms with Crippen molar-refractivity contribution in [1.29, 1.82) is 0 Å². The monoisotopic (exact) mass is 427 g/mol. The summed E-state index contributed by atoms with van der Waals surface area (Å²) in [5.74, 6) is 0.822. The van der Waals surface area contributed by atoms with E-state index in [4.69, 9.17) is 12.2 Å². The van der Waals surface area contributed by atoms with Gasteiger partial charge in [-0.25, -0.2) is 0 Å². The highest BCUT2D eigenvalue weighted by Gasteiger charge is 2.23. The molecule has 0 radical (unpaired) electrons. The first-order valence-electron chi connectivity index (χ1n) is 9.97. The van der Waals surface area contributed by atoms with Crippen molar-refractivity contribution in [3.63, 3.8) is 0 Å². The first-order valence-corrected chi connectivity index (χ1v) is 11.3. The zero-order valence-electron chi connectivity index (χ0n) is 16.2. The van der Waals surface area contributed by atoms with E-state index >= 15 is 0 Å². The predicted molar refractivity (Wildman–Crippen MR) is 118 cm³/mol. The second kappa shape index (κ2) is 9.47. The van der Waals surface area contributed by atoms with Crippen molar-refractivity contribution in [2.24, 2.45) is 0 Å². The van der Waals surface area contributed by atoms with Crippen LogP contribution in [0.1, 0.15) is 30.9 Å². The van der Waals surface area contributed by atoms with E-state index in [9.17, 15) is 4.79 Å². The van der Waals surface area contributed by atoms with E-state index in [0.29, 0.717) is 24.3 Å². The second-order valence-electron chi connectivity index (χ2n) is 7.20. The molecule has 1 atom stereocenters. The maximum Gasteiger partial charge on any atom is 0.221 e. The number of carbonyl (C=O) groups is 1. The number of rotatable bonds is 8. The summed E-state index contributed by atoms with van der Waals surface area (Å²) in [6.45, 7) is 3.30. The molecule has 3 heterocycles. The number of nitrogens with zero attached hydrogens (tertiary/aromatic N) is 3. The van der Waals surface area contributed by atoms with Crippen molar-refractivity contribution in [2.45, 2.75) is 31.8 Å². The van der Waals surface area contributed by atoms with Gasteiger partial charge in [-0.2, -0.15) is 5.10 Å². The quantitative estimate of drug-likeness (QED) is 0.533. The number of likely N-dealkylation sites (tertiary alicyclic amines) is 1. The van der Waals surface area contributed by atoms with E-state index in [0.717, 1.165) is 23.8 Å². The first kappa shape index (κ1) is 20.0. The molecule has 2 aromatic heterocycles. The van der Waals surface area contributed by atoms with Crippen LogP contribution in [0.3, 0.4) is 0 Å². The minimum atomic E-state index is 0.0327. The zero-order chi connectivity index (χ0) is 20.1. The number of benzene rings is 1. The number of amides is 1. The average molecular weight is 428 g/mol. The predicted octanol–water partition coefficient (Wildman–Crippen LogP) is 4.01. The van der Waals surface area contributed by atoms with E-state index in [1.54, 1.807) is 11.3 Å². The number of carbonyl (C=O) groups excluding carboxylic acids is 1. The van der Waals surface area contributed by atoms with Crippen molar-refractivity contribution in [1.82, 2.24) is 25.0 Å². The van der Waals surface area contributed by atoms with Crippen LogP contribution in [0.5, 0.6) is 0 Å². The van der Waals surface area contributed by atoms with Gasteiger partial charge in [0.05, 0.1) is 10.9 Å². The van der Waals surface area contributed by atoms with Gasteiger partial charge in [0.1, 0.15) is 0 Å². The zero-order valence-corrected chi connectivity index (χ0v) is 17.8. The summed E-state index contributed by atoms with van der Waals surface area (Å²) < 4.78 is 2.44. The van der Waals surface area contributed by atoms with E-state index in [2.05, 4.69) is 44.7 Å². The number of thiophene rings is 1. The Morgan fingerprint density at radius 1 is 1.21 bits per heavy atom. The lowest BCUT2D eigenvalue weighted by Gasteiger charge is -2.28. The normalized spacial score (nSPS) is 15.4. The lowest BCUT2D eigenvalue weighted by molar-refractivity contribution is -0.121. The fourth-order valence-electron chi connectivity index (χ4n) is 3.82. The summed E-state index contributed by atoms with van der Waals surface area (Å²) in [5.41, 5.74) is 1.26. The molecule has 2 N–H and O–H groups in total. The summed E-state index contributed by atoms with van der Waals surface area (Å²) in [6, 6.07) is 14.7. The molecule has 4 rings (SSSR count). The molecule has 152 valence electrons. The smallest absolute Gasteiger partial charge is 0.221 e. The maximum atomic E-state index is 12.6. The van der Waals surface area contributed by atoms with Crippen molar-refractivity contribution < 1.29 is 4.79 Å². The molecule has 0 aliphatic carbocycles. The third kappa shape index (κ3) is 4.83.